The average molecular weight is 494 g/mol. The van der Waals surface area contributed by atoms with Crippen LogP contribution in [0.1, 0.15) is 67.3 Å². The van der Waals surface area contributed by atoms with Crippen LogP contribution in [0.15, 0.2) is 36.9 Å². The molecular formula is C24H28F6O4. The number of alkyl halides is 6. The molecule has 0 amide bonds. The first-order chi connectivity index (χ1) is 15.8. The Hall–Kier alpha value is -2.52. The molecule has 1 aromatic rings. The Bertz CT molecular complexity index is 846. The van der Waals surface area contributed by atoms with Gasteiger partial charge in [0, 0.05) is 6.08 Å². The van der Waals surface area contributed by atoms with Crippen molar-refractivity contribution < 1.29 is 45.4 Å². The van der Waals surface area contributed by atoms with Crippen molar-refractivity contribution in [2.45, 2.75) is 69.1 Å². The molecule has 0 atom stereocenters. The second-order valence-electron chi connectivity index (χ2n) is 8.50. The molecule has 1 aliphatic carbocycles. The summed E-state index contributed by atoms with van der Waals surface area (Å²) in [7, 11) is 0. The smallest absolute Gasteiger partial charge is 0.378 e. The van der Waals surface area contributed by atoms with Crippen LogP contribution in [0.4, 0.5) is 26.3 Å². The molecular weight excluding hydrogens is 466 g/mol. The second-order valence-corrected chi connectivity index (χ2v) is 8.50. The molecule has 0 heterocycles. The standard InChI is InChI=1S/C24H28F6O4/c1-3-5-16-6-8-17(9-7-16)18-10-12-19(13-11-18)21(32)34-15-23(27,28)24(29,30)22(25,26)14-33-20(31)4-2/h4,10-13,16-17H,2-3,5-9,14-15H2,1H3. The SMILES string of the molecule is C=CC(=O)OCC(F)(F)C(F)(F)C(F)(F)COC(=O)c1ccc(C2CCC(CCC)CC2)cc1. The number of hydrogen-bond acceptors (Lipinski definition) is 4. The highest BCUT2D eigenvalue weighted by molar-refractivity contribution is 5.89. The van der Waals surface area contributed by atoms with E-state index < -0.39 is 42.9 Å². The Labute approximate surface area is 194 Å². The molecule has 0 bridgehead atoms. The zero-order valence-corrected chi connectivity index (χ0v) is 18.8. The lowest BCUT2D eigenvalue weighted by atomic mass is 9.77. The van der Waals surface area contributed by atoms with Gasteiger partial charge in [-0.2, -0.15) is 26.3 Å². The molecule has 10 heteroatoms. The van der Waals surface area contributed by atoms with Gasteiger partial charge >= 0.3 is 29.7 Å². The molecule has 4 nitrogen and oxygen atoms in total. The third-order valence-corrected chi connectivity index (χ3v) is 6.03. The number of halogens is 6. The van der Waals surface area contributed by atoms with Gasteiger partial charge in [-0.15, -0.1) is 0 Å². The minimum absolute atomic E-state index is 0.172. The molecule has 1 fully saturated rings. The summed E-state index contributed by atoms with van der Waals surface area (Å²) in [6.45, 7) is 0.445. The van der Waals surface area contributed by atoms with Gasteiger partial charge < -0.3 is 9.47 Å². The Morgan fingerprint density at radius 3 is 1.97 bits per heavy atom. The van der Waals surface area contributed by atoms with Crippen molar-refractivity contribution in [1.82, 2.24) is 0 Å². The van der Waals surface area contributed by atoms with Crippen LogP contribution in [-0.2, 0) is 14.3 Å². The first-order valence-electron chi connectivity index (χ1n) is 11.0. The van der Waals surface area contributed by atoms with Crippen LogP contribution in [0.2, 0.25) is 0 Å². The Kier molecular flexibility index (Phi) is 9.19. The van der Waals surface area contributed by atoms with E-state index in [9.17, 15) is 35.9 Å². The maximum atomic E-state index is 13.9. The predicted octanol–water partition coefficient (Wildman–Crippen LogP) is 6.55. The van der Waals surface area contributed by atoms with Crippen molar-refractivity contribution in [2.24, 2.45) is 5.92 Å². The monoisotopic (exact) mass is 494 g/mol. The summed E-state index contributed by atoms with van der Waals surface area (Å²) in [6, 6.07) is 5.96. The summed E-state index contributed by atoms with van der Waals surface area (Å²) >= 11 is 0. The topological polar surface area (TPSA) is 52.6 Å². The largest absolute Gasteiger partial charge is 0.456 e. The van der Waals surface area contributed by atoms with Gasteiger partial charge in [0.1, 0.15) is 0 Å². The van der Waals surface area contributed by atoms with E-state index in [0.717, 1.165) is 37.7 Å². The summed E-state index contributed by atoms with van der Waals surface area (Å²) < 4.78 is 90.7. The molecule has 0 radical (unpaired) electrons. The summed E-state index contributed by atoms with van der Waals surface area (Å²) in [5.74, 6) is -18.6. The maximum absolute atomic E-state index is 13.9. The van der Waals surface area contributed by atoms with Crippen LogP contribution < -0.4 is 0 Å². The van der Waals surface area contributed by atoms with Crippen LogP contribution in [0.3, 0.4) is 0 Å². The van der Waals surface area contributed by atoms with Crippen molar-refractivity contribution in [3.05, 3.63) is 48.0 Å². The van der Waals surface area contributed by atoms with Crippen molar-refractivity contribution in [3.8, 4) is 0 Å². The van der Waals surface area contributed by atoms with E-state index in [1.165, 1.54) is 18.6 Å². The maximum Gasteiger partial charge on any atom is 0.378 e. The molecule has 0 N–H and O–H groups in total. The molecule has 0 aromatic heterocycles. The number of benzene rings is 1. The average Bonchev–Trinajstić information content (AvgIpc) is 2.81. The van der Waals surface area contributed by atoms with E-state index in [4.69, 9.17) is 0 Å². The highest BCUT2D eigenvalue weighted by atomic mass is 19.3. The fourth-order valence-electron chi connectivity index (χ4n) is 3.99. The van der Waals surface area contributed by atoms with Crippen molar-refractivity contribution in [1.29, 1.82) is 0 Å². The zero-order chi connectivity index (χ0) is 25.6. The highest BCUT2D eigenvalue weighted by Crippen LogP contribution is 2.46. The second kappa shape index (κ2) is 11.3. The summed E-state index contributed by atoms with van der Waals surface area (Å²) in [5, 5.41) is 0. The predicted molar refractivity (Wildman–Crippen MR) is 112 cm³/mol. The minimum Gasteiger partial charge on any atom is -0.456 e. The lowest BCUT2D eigenvalue weighted by Gasteiger charge is -2.31. The molecule has 34 heavy (non-hydrogen) atoms. The number of ether oxygens (including phenoxy) is 2. The van der Waals surface area contributed by atoms with E-state index in [1.54, 1.807) is 12.1 Å². The molecule has 1 saturated carbocycles. The van der Waals surface area contributed by atoms with Gasteiger partial charge in [-0.3, -0.25) is 0 Å². The van der Waals surface area contributed by atoms with Crippen molar-refractivity contribution in [3.63, 3.8) is 0 Å². The van der Waals surface area contributed by atoms with Gasteiger partial charge in [0.25, 0.3) is 0 Å². The van der Waals surface area contributed by atoms with Gasteiger partial charge in [0.05, 0.1) is 5.56 Å². The minimum atomic E-state index is -5.96. The summed E-state index contributed by atoms with van der Waals surface area (Å²) in [6.07, 6.45) is 6.92. The molecule has 0 spiro atoms. The molecule has 0 aliphatic heterocycles. The van der Waals surface area contributed by atoms with Crippen LogP contribution in [0, 0.1) is 5.92 Å². The molecule has 2 rings (SSSR count). The number of carbonyl (C=O) groups excluding carboxylic acids is 2. The van der Waals surface area contributed by atoms with Gasteiger partial charge in [0.15, 0.2) is 13.2 Å². The van der Waals surface area contributed by atoms with Crippen LogP contribution in [-0.4, -0.2) is 42.9 Å². The van der Waals surface area contributed by atoms with Gasteiger partial charge in [-0.1, -0.05) is 38.5 Å². The molecule has 1 aliphatic rings. The van der Waals surface area contributed by atoms with E-state index in [0.29, 0.717) is 17.9 Å². The van der Waals surface area contributed by atoms with Crippen LogP contribution >= 0.6 is 0 Å². The van der Waals surface area contributed by atoms with E-state index in [2.05, 4.69) is 23.0 Å². The Morgan fingerprint density at radius 1 is 0.941 bits per heavy atom. The molecule has 0 saturated heterocycles. The fourth-order valence-corrected chi connectivity index (χ4v) is 3.99. The van der Waals surface area contributed by atoms with Crippen molar-refractivity contribution >= 4 is 11.9 Å². The summed E-state index contributed by atoms with van der Waals surface area (Å²) in [5.41, 5.74) is 0.797. The quantitative estimate of drug-likeness (QED) is 0.199. The van der Waals surface area contributed by atoms with Crippen LogP contribution in [0.5, 0.6) is 0 Å². The molecule has 190 valence electrons. The fraction of sp³-hybridized carbons (Fsp3) is 0.583. The number of rotatable bonds is 11. The third kappa shape index (κ3) is 6.54. The molecule has 1 aromatic carbocycles. The van der Waals surface area contributed by atoms with Gasteiger partial charge in [0.2, 0.25) is 0 Å². The first-order valence-corrected chi connectivity index (χ1v) is 11.0. The summed E-state index contributed by atoms with van der Waals surface area (Å²) in [4.78, 5) is 22.9. The molecule has 0 unspecified atom stereocenters. The van der Waals surface area contributed by atoms with Crippen molar-refractivity contribution in [2.75, 3.05) is 13.2 Å². The van der Waals surface area contributed by atoms with Gasteiger partial charge in [-0.25, -0.2) is 9.59 Å². The number of esters is 2. The number of carbonyl (C=O) groups is 2. The normalized spacial score (nSPS) is 19.4. The lowest BCUT2D eigenvalue weighted by Crippen LogP contribution is -2.58. The van der Waals surface area contributed by atoms with E-state index in [1.807, 2.05) is 0 Å². The Morgan fingerprint density at radius 2 is 1.47 bits per heavy atom. The zero-order valence-electron chi connectivity index (χ0n) is 18.8. The highest BCUT2D eigenvalue weighted by Gasteiger charge is 2.72. The third-order valence-electron chi connectivity index (χ3n) is 6.03. The first kappa shape index (κ1) is 27.7. The Balaban J connectivity index is 1.96. The van der Waals surface area contributed by atoms with Gasteiger partial charge in [-0.05, 0) is 55.2 Å². The number of hydrogen-bond donors (Lipinski definition) is 0. The lowest BCUT2D eigenvalue weighted by molar-refractivity contribution is -0.323. The van der Waals surface area contributed by atoms with Crippen LogP contribution in [0.25, 0.3) is 0 Å². The van der Waals surface area contributed by atoms with E-state index >= 15 is 0 Å². The van der Waals surface area contributed by atoms with E-state index in [-0.39, 0.29) is 5.56 Å².